The van der Waals surface area contributed by atoms with Crippen LogP contribution in [-0.4, -0.2) is 49.6 Å². The number of ether oxygens (including phenoxy) is 1. The zero-order chi connectivity index (χ0) is 19.4. The summed E-state index contributed by atoms with van der Waals surface area (Å²) in [4.78, 5) is 22.5. The molecule has 0 saturated carbocycles. The van der Waals surface area contributed by atoms with Crippen LogP contribution in [0.25, 0.3) is 10.2 Å². The molecule has 2 heterocycles. The van der Waals surface area contributed by atoms with Crippen LogP contribution in [0.2, 0.25) is 4.34 Å². The van der Waals surface area contributed by atoms with E-state index < -0.39 is 0 Å². The lowest BCUT2D eigenvalue weighted by molar-refractivity contribution is -0.118. The smallest absolute Gasteiger partial charge is 0.234 e. The van der Waals surface area contributed by atoms with Gasteiger partial charge in [0.1, 0.15) is 5.75 Å². The van der Waals surface area contributed by atoms with E-state index in [-0.39, 0.29) is 18.3 Å². The van der Waals surface area contributed by atoms with Crippen molar-refractivity contribution >= 4 is 67.9 Å². The van der Waals surface area contributed by atoms with Gasteiger partial charge in [-0.25, -0.2) is 4.98 Å². The summed E-state index contributed by atoms with van der Waals surface area (Å²) in [6.45, 7) is 3.93. The van der Waals surface area contributed by atoms with E-state index >= 15 is 0 Å². The number of aromatic nitrogens is 1. The topological polar surface area (TPSA) is 45.7 Å². The predicted octanol–water partition coefficient (Wildman–Crippen LogP) is 4.97. The molecule has 1 aromatic carbocycles. The van der Waals surface area contributed by atoms with Crippen LogP contribution < -0.4 is 9.64 Å². The Morgan fingerprint density at radius 3 is 2.61 bits per heavy atom. The van der Waals surface area contributed by atoms with Gasteiger partial charge < -0.3 is 9.64 Å². The van der Waals surface area contributed by atoms with Gasteiger partial charge in [-0.15, -0.1) is 23.7 Å². The van der Waals surface area contributed by atoms with Crippen molar-refractivity contribution in [2.45, 2.75) is 13.3 Å². The molecule has 0 spiro atoms. The third-order valence-corrected chi connectivity index (χ3v) is 6.19. The largest absolute Gasteiger partial charge is 0.494 e. The van der Waals surface area contributed by atoms with Gasteiger partial charge in [-0.2, -0.15) is 0 Å². The van der Waals surface area contributed by atoms with E-state index in [2.05, 4.69) is 9.88 Å². The van der Waals surface area contributed by atoms with Crippen LogP contribution in [0.4, 0.5) is 5.13 Å². The van der Waals surface area contributed by atoms with E-state index in [1.807, 2.05) is 51.4 Å². The Morgan fingerprint density at radius 2 is 1.96 bits per heavy atom. The second-order valence-corrected chi connectivity index (χ2v) is 9.10. The quantitative estimate of drug-likeness (QED) is 0.476. The maximum atomic E-state index is 13.0. The zero-order valence-electron chi connectivity index (χ0n) is 16.0. The summed E-state index contributed by atoms with van der Waals surface area (Å²) in [7, 11) is 3.99. The molecule has 3 aromatic rings. The van der Waals surface area contributed by atoms with Crippen LogP contribution >= 0.6 is 46.7 Å². The summed E-state index contributed by atoms with van der Waals surface area (Å²) < 4.78 is 7.28. The summed E-state index contributed by atoms with van der Waals surface area (Å²) in [5.74, 6) is 0.846. The standard InChI is InChI=1S/C19H22ClN3O2S2.ClH/c1-4-25-13-5-7-15-16(11-13)27-19(21-15)23(10-9-22(2)3)18(24)12-14-6-8-17(20)26-14;/h5-8,11H,4,9-10,12H2,1-3H3;1H. The van der Waals surface area contributed by atoms with E-state index in [1.165, 1.54) is 22.7 Å². The number of thiazole rings is 1. The molecular weight excluding hydrogens is 437 g/mol. The van der Waals surface area contributed by atoms with Crippen LogP contribution in [0.15, 0.2) is 30.3 Å². The molecule has 28 heavy (non-hydrogen) atoms. The van der Waals surface area contributed by atoms with Gasteiger partial charge in [0.15, 0.2) is 5.13 Å². The molecule has 0 aliphatic carbocycles. The van der Waals surface area contributed by atoms with Crippen molar-refractivity contribution in [3.8, 4) is 5.75 Å². The lowest BCUT2D eigenvalue weighted by Gasteiger charge is -2.21. The minimum Gasteiger partial charge on any atom is -0.494 e. The Hall–Kier alpha value is -1.38. The number of hydrogen-bond donors (Lipinski definition) is 0. The average Bonchev–Trinajstić information content (AvgIpc) is 3.20. The summed E-state index contributed by atoms with van der Waals surface area (Å²) in [5.41, 5.74) is 0.875. The SMILES string of the molecule is CCOc1ccc2nc(N(CCN(C)C)C(=O)Cc3ccc(Cl)s3)sc2c1.Cl. The van der Waals surface area contributed by atoms with Gasteiger partial charge in [-0.3, -0.25) is 9.69 Å². The highest BCUT2D eigenvalue weighted by atomic mass is 35.5. The van der Waals surface area contributed by atoms with Crippen molar-refractivity contribution < 1.29 is 9.53 Å². The van der Waals surface area contributed by atoms with E-state index in [9.17, 15) is 4.79 Å². The number of carbonyl (C=O) groups is 1. The normalized spacial score (nSPS) is 10.9. The maximum Gasteiger partial charge on any atom is 0.234 e. The number of halogens is 2. The summed E-state index contributed by atoms with van der Waals surface area (Å²) >= 11 is 8.96. The molecule has 0 saturated heterocycles. The van der Waals surface area contributed by atoms with Gasteiger partial charge in [0.25, 0.3) is 0 Å². The van der Waals surface area contributed by atoms with E-state index in [0.29, 0.717) is 29.0 Å². The predicted molar refractivity (Wildman–Crippen MR) is 122 cm³/mol. The van der Waals surface area contributed by atoms with Crippen molar-refractivity contribution in [2.24, 2.45) is 0 Å². The highest BCUT2D eigenvalue weighted by Crippen LogP contribution is 2.32. The van der Waals surface area contributed by atoms with Crippen LogP contribution in [0.5, 0.6) is 5.75 Å². The highest BCUT2D eigenvalue weighted by Gasteiger charge is 2.21. The van der Waals surface area contributed by atoms with E-state index in [0.717, 1.165) is 27.4 Å². The lowest BCUT2D eigenvalue weighted by Crippen LogP contribution is -2.37. The number of benzene rings is 1. The first-order chi connectivity index (χ1) is 13.0. The molecule has 0 fully saturated rings. The van der Waals surface area contributed by atoms with Gasteiger partial charge in [0.05, 0.1) is 27.6 Å². The van der Waals surface area contributed by atoms with Crippen LogP contribution in [0.1, 0.15) is 11.8 Å². The van der Waals surface area contributed by atoms with Crippen molar-refractivity contribution in [1.82, 2.24) is 9.88 Å². The minimum atomic E-state index is 0. The highest BCUT2D eigenvalue weighted by molar-refractivity contribution is 7.22. The zero-order valence-corrected chi connectivity index (χ0v) is 19.2. The molecular formula is C19H23Cl2N3O2S2. The molecule has 5 nitrogen and oxygen atoms in total. The molecule has 0 N–H and O–H groups in total. The Bertz CT molecular complexity index is 927. The summed E-state index contributed by atoms with van der Waals surface area (Å²) in [5, 5.41) is 0.716. The number of anilines is 1. The second kappa shape index (κ2) is 10.4. The first-order valence-electron chi connectivity index (χ1n) is 8.69. The number of carbonyl (C=O) groups excluding carboxylic acids is 1. The van der Waals surface area contributed by atoms with Crippen molar-refractivity contribution in [3.63, 3.8) is 0 Å². The molecule has 0 bridgehead atoms. The molecule has 9 heteroatoms. The van der Waals surface area contributed by atoms with Crippen LogP contribution in [0.3, 0.4) is 0 Å². The van der Waals surface area contributed by atoms with Gasteiger partial charge in [-0.05, 0) is 51.4 Å². The molecule has 152 valence electrons. The first kappa shape index (κ1) is 22.9. The van der Waals surface area contributed by atoms with Crippen LogP contribution in [-0.2, 0) is 11.2 Å². The molecule has 3 rings (SSSR count). The van der Waals surface area contributed by atoms with Crippen molar-refractivity contribution in [1.29, 1.82) is 0 Å². The third kappa shape index (κ3) is 5.81. The summed E-state index contributed by atoms with van der Waals surface area (Å²) in [6, 6.07) is 9.56. The molecule has 0 unspecified atom stereocenters. The van der Waals surface area contributed by atoms with Gasteiger partial charge >= 0.3 is 0 Å². The van der Waals surface area contributed by atoms with Gasteiger partial charge in [0, 0.05) is 18.0 Å². The Morgan fingerprint density at radius 1 is 1.18 bits per heavy atom. The number of rotatable bonds is 8. The Balaban J connectivity index is 0.00000280. The fraction of sp³-hybridized carbons (Fsp3) is 0.368. The molecule has 0 radical (unpaired) electrons. The van der Waals surface area contributed by atoms with Gasteiger partial charge in [-0.1, -0.05) is 22.9 Å². The lowest BCUT2D eigenvalue weighted by atomic mass is 10.3. The monoisotopic (exact) mass is 459 g/mol. The number of fused-ring (bicyclic) bond motifs is 1. The minimum absolute atomic E-state index is 0. The van der Waals surface area contributed by atoms with E-state index in [4.69, 9.17) is 16.3 Å². The molecule has 0 aliphatic rings. The third-order valence-electron chi connectivity index (χ3n) is 3.92. The Kier molecular flexibility index (Phi) is 8.52. The molecule has 0 aliphatic heterocycles. The number of thiophene rings is 1. The molecule has 0 atom stereocenters. The Labute approximate surface area is 184 Å². The average molecular weight is 460 g/mol. The maximum absolute atomic E-state index is 13.0. The number of nitrogens with zero attached hydrogens (tertiary/aromatic N) is 3. The fourth-order valence-corrected chi connectivity index (χ4v) is 4.70. The number of hydrogen-bond acceptors (Lipinski definition) is 6. The molecule has 2 aromatic heterocycles. The van der Waals surface area contributed by atoms with E-state index in [1.54, 1.807) is 4.90 Å². The first-order valence-corrected chi connectivity index (χ1v) is 10.7. The number of likely N-dealkylation sites (N-methyl/N-ethyl adjacent to an activating group) is 1. The second-order valence-electron chi connectivity index (χ2n) is 6.29. The van der Waals surface area contributed by atoms with Crippen molar-refractivity contribution in [2.75, 3.05) is 38.7 Å². The fourth-order valence-electron chi connectivity index (χ4n) is 2.58. The summed E-state index contributed by atoms with van der Waals surface area (Å²) in [6.07, 6.45) is 0.324. The van der Waals surface area contributed by atoms with Gasteiger partial charge in [0.2, 0.25) is 5.91 Å². The number of amides is 1. The van der Waals surface area contributed by atoms with Crippen molar-refractivity contribution in [3.05, 3.63) is 39.5 Å². The molecule has 1 amide bonds. The van der Waals surface area contributed by atoms with Crippen LogP contribution in [0, 0.1) is 0 Å².